The number of rotatable bonds is 10. The Morgan fingerprint density at radius 1 is 0.750 bits per heavy atom. The summed E-state index contributed by atoms with van der Waals surface area (Å²) in [5.41, 5.74) is 3.53. The molecule has 0 saturated heterocycles. The van der Waals surface area contributed by atoms with E-state index in [1.807, 2.05) is 112 Å². The monoisotopic (exact) mass is 552 g/mol. The zero-order chi connectivity index (χ0) is 28.5. The summed E-state index contributed by atoms with van der Waals surface area (Å²) in [7, 11) is 0. The molecular formula is C35H37ClN2O2. The van der Waals surface area contributed by atoms with Gasteiger partial charge in [-0.15, -0.1) is 0 Å². The minimum atomic E-state index is -0.708. The Hall–Kier alpha value is -3.89. The minimum Gasteiger partial charge on any atom is -0.350 e. The van der Waals surface area contributed by atoms with Gasteiger partial charge in [0.2, 0.25) is 11.8 Å². The second-order valence-electron chi connectivity index (χ2n) is 11.2. The molecule has 0 spiro atoms. The van der Waals surface area contributed by atoms with Crippen molar-refractivity contribution < 1.29 is 9.59 Å². The number of hydrogen-bond donors (Lipinski definition) is 1. The number of carbonyl (C=O) groups is 2. The molecule has 5 heteroatoms. The van der Waals surface area contributed by atoms with Gasteiger partial charge in [0.1, 0.15) is 6.04 Å². The lowest BCUT2D eigenvalue weighted by molar-refractivity contribution is -0.142. The molecule has 1 atom stereocenters. The van der Waals surface area contributed by atoms with Gasteiger partial charge in [-0.1, -0.05) is 115 Å². The highest BCUT2D eigenvalue weighted by Crippen LogP contribution is 2.30. The van der Waals surface area contributed by atoms with Crippen LogP contribution in [0.15, 0.2) is 115 Å². The zero-order valence-corrected chi connectivity index (χ0v) is 24.1. The molecule has 0 fully saturated rings. The van der Waals surface area contributed by atoms with Crippen molar-refractivity contribution in [3.05, 3.63) is 143 Å². The summed E-state index contributed by atoms with van der Waals surface area (Å²) in [5, 5.41) is 3.72. The molecule has 0 saturated carbocycles. The fourth-order valence-electron chi connectivity index (χ4n) is 4.93. The topological polar surface area (TPSA) is 49.4 Å². The van der Waals surface area contributed by atoms with Crippen LogP contribution in [0.4, 0.5) is 0 Å². The van der Waals surface area contributed by atoms with E-state index in [0.29, 0.717) is 11.4 Å². The number of nitrogens with one attached hydrogen (secondary N) is 1. The maximum atomic E-state index is 14.4. The van der Waals surface area contributed by atoms with Gasteiger partial charge in [0.25, 0.3) is 0 Å². The maximum absolute atomic E-state index is 14.4. The quantitative estimate of drug-likeness (QED) is 0.222. The number of halogens is 1. The van der Waals surface area contributed by atoms with Gasteiger partial charge in [-0.3, -0.25) is 9.59 Å². The SMILES string of the molecule is CC(C)(C)NC(=O)[C@@H](Cc1ccccc1)N(Cc1cccc(Cl)c1)C(=O)CC(c1ccccc1)c1ccccc1. The van der Waals surface area contributed by atoms with Gasteiger partial charge in [-0.05, 0) is 55.2 Å². The lowest BCUT2D eigenvalue weighted by atomic mass is 9.87. The van der Waals surface area contributed by atoms with Crippen LogP contribution in [0.1, 0.15) is 55.4 Å². The van der Waals surface area contributed by atoms with Gasteiger partial charge in [0.15, 0.2) is 0 Å². The van der Waals surface area contributed by atoms with Gasteiger partial charge in [0, 0.05) is 35.9 Å². The smallest absolute Gasteiger partial charge is 0.243 e. The highest BCUT2D eigenvalue weighted by molar-refractivity contribution is 6.30. The van der Waals surface area contributed by atoms with E-state index in [2.05, 4.69) is 29.6 Å². The van der Waals surface area contributed by atoms with E-state index < -0.39 is 11.6 Å². The van der Waals surface area contributed by atoms with Gasteiger partial charge < -0.3 is 10.2 Å². The predicted octanol–water partition coefficient (Wildman–Crippen LogP) is 7.42. The molecule has 0 bridgehead atoms. The number of hydrogen-bond acceptors (Lipinski definition) is 2. The van der Waals surface area contributed by atoms with Crippen molar-refractivity contribution in [3.8, 4) is 0 Å². The van der Waals surface area contributed by atoms with Gasteiger partial charge in [0.05, 0.1) is 0 Å². The average molecular weight is 553 g/mol. The molecule has 4 rings (SSSR count). The molecule has 0 aliphatic heterocycles. The van der Waals surface area contributed by atoms with Crippen molar-refractivity contribution in [1.82, 2.24) is 10.2 Å². The lowest BCUT2D eigenvalue weighted by Crippen LogP contribution is -2.54. The fraction of sp³-hybridized carbons (Fsp3) is 0.257. The molecule has 0 aromatic heterocycles. The van der Waals surface area contributed by atoms with Crippen molar-refractivity contribution in [2.45, 2.75) is 57.7 Å². The summed E-state index contributed by atoms with van der Waals surface area (Å²) >= 11 is 6.33. The molecule has 40 heavy (non-hydrogen) atoms. The summed E-state index contributed by atoms with van der Waals surface area (Å²) in [6, 6.07) is 36.8. The predicted molar refractivity (Wildman–Crippen MR) is 163 cm³/mol. The minimum absolute atomic E-state index is 0.0947. The van der Waals surface area contributed by atoms with Crippen LogP contribution in [0.2, 0.25) is 5.02 Å². The molecule has 4 aromatic carbocycles. The Labute approximate surface area is 243 Å². The van der Waals surface area contributed by atoms with E-state index in [1.165, 1.54) is 0 Å². The Morgan fingerprint density at radius 2 is 1.27 bits per heavy atom. The molecule has 1 N–H and O–H groups in total. The van der Waals surface area contributed by atoms with Crippen molar-refractivity contribution >= 4 is 23.4 Å². The van der Waals surface area contributed by atoms with Crippen molar-refractivity contribution in [2.75, 3.05) is 0 Å². The third kappa shape index (κ3) is 8.30. The molecule has 4 nitrogen and oxygen atoms in total. The maximum Gasteiger partial charge on any atom is 0.243 e. The molecule has 2 amide bonds. The van der Waals surface area contributed by atoms with Gasteiger partial charge in [-0.25, -0.2) is 0 Å². The van der Waals surface area contributed by atoms with Crippen LogP contribution in [0.5, 0.6) is 0 Å². The van der Waals surface area contributed by atoms with E-state index in [0.717, 1.165) is 22.3 Å². The second kappa shape index (κ2) is 13.5. The summed E-state index contributed by atoms with van der Waals surface area (Å²) in [5.74, 6) is -0.426. The van der Waals surface area contributed by atoms with E-state index in [-0.39, 0.29) is 30.7 Å². The molecule has 0 unspecified atom stereocenters. The van der Waals surface area contributed by atoms with E-state index in [1.54, 1.807) is 4.90 Å². The molecular weight excluding hydrogens is 516 g/mol. The van der Waals surface area contributed by atoms with Crippen LogP contribution < -0.4 is 5.32 Å². The lowest BCUT2D eigenvalue weighted by Gasteiger charge is -2.35. The Morgan fingerprint density at radius 3 is 1.80 bits per heavy atom. The van der Waals surface area contributed by atoms with Gasteiger partial charge in [-0.2, -0.15) is 0 Å². The van der Waals surface area contributed by atoms with Crippen LogP contribution in [0.3, 0.4) is 0 Å². The second-order valence-corrected chi connectivity index (χ2v) is 11.6. The number of benzene rings is 4. The third-order valence-corrected chi connectivity index (χ3v) is 7.03. The average Bonchev–Trinajstić information content (AvgIpc) is 2.94. The molecule has 0 aliphatic carbocycles. The van der Waals surface area contributed by atoms with Crippen LogP contribution in [0, 0.1) is 0 Å². The Balaban J connectivity index is 1.75. The van der Waals surface area contributed by atoms with E-state index in [4.69, 9.17) is 11.6 Å². The number of amides is 2. The summed E-state index contributed by atoms with van der Waals surface area (Å²) in [6.45, 7) is 6.13. The first-order valence-corrected chi connectivity index (χ1v) is 14.1. The van der Waals surface area contributed by atoms with Gasteiger partial charge >= 0.3 is 0 Å². The Bertz CT molecular complexity index is 1350. The van der Waals surface area contributed by atoms with Crippen molar-refractivity contribution in [1.29, 1.82) is 0 Å². The fourth-order valence-corrected chi connectivity index (χ4v) is 5.14. The summed E-state index contributed by atoms with van der Waals surface area (Å²) < 4.78 is 0. The van der Waals surface area contributed by atoms with Crippen molar-refractivity contribution in [2.24, 2.45) is 0 Å². The van der Waals surface area contributed by atoms with Crippen LogP contribution >= 0.6 is 11.6 Å². The van der Waals surface area contributed by atoms with E-state index >= 15 is 0 Å². The highest BCUT2D eigenvalue weighted by Gasteiger charge is 2.33. The molecule has 0 aliphatic rings. The normalized spacial score (nSPS) is 12.1. The highest BCUT2D eigenvalue weighted by atomic mass is 35.5. The third-order valence-electron chi connectivity index (χ3n) is 6.79. The van der Waals surface area contributed by atoms with Crippen molar-refractivity contribution in [3.63, 3.8) is 0 Å². The molecule has 0 radical (unpaired) electrons. The molecule has 4 aromatic rings. The number of nitrogens with zero attached hydrogens (tertiary/aromatic N) is 1. The first-order chi connectivity index (χ1) is 19.2. The first-order valence-electron chi connectivity index (χ1n) is 13.7. The zero-order valence-electron chi connectivity index (χ0n) is 23.4. The molecule has 206 valence electrons. The number of carbonyl (C=O) groups excluding carboxylic acids is 2. The standard InChI is InChI=1S/C35H37ClN2O2/c1-35(2,3)37-34(40)32(23-26-14-7-4-8-15-26)38(25-27-16-13-21-30(36)22-27)33(39)24-31(28-17-9-5-10-18-28)29-19-11-6-12-20-29/h4-22,31-32H,23-25H2,1-3H3,(H,37,40)/t32-/m1/s1. The first kappa shape index (κ1) is 29.1. The Kier molecular flexibility index (Phi) is 9.79. The van der Waals surface area contributed by atoms with E-state index in [9.17, 15) is 9.59 Å². The molecule has 0 heterocycles. The van der Waals surface area contributed by atoms with Crippen LogP contribution in [-0.4, -0.2) is 28.3 Å². The van der Waals surface area contributed by atoms with Crippen LogP contribution in [0.25, 0.3) is 0 Å². The largest absolute Gasteiger partial charge is 0.350 e. The summed E-state index contributed by atoms with van der Waals surface area (Å²) in [4.78, 5) is 30.0. The summed E-state index contributed by atoms with van der Waals surface area (Å²) in [6.07, 6.45) is 0.624. The van der Waals surface area contributed by atoms with Crippen LogP contribution in [-0.2, 0) is 22.6 Å².